The Bertz CT molecular complexity index is 251. The minimum Gasteiger partial charge on any atom is -0.450 e. The second-order valence-corrected chi connectivity index (χ2v) is 2.64. The molecule has 0 heterocycles. The van der Waals surface area contributed by atoms with Gasteiger partial charge in [-0.05, 0) is 6.92 Å². The van der Waals surface area contributed by atoms with Crippen molar-refractivity contribution in [2.24, 2.45) is 0 Å². The summed E-state index contributed by atoms with van der Waals surface area (Å²) in [6.45, 7) is 1.85. The number of ether oxygens (including phenoxy) is 4. The topological polar surface area (TPSA) is 89.8 Å². The number of nitrogens with one attached hydrogen (secondary N) is 1. The minimum atomic E-state index is -1.65. The maximum Gasteiger partial charge on any atom is 0.408 e. The molecule has 0 radical (unpaired) electrons. The van der Waals surface area contributed by atoms with Crippen LogP contribution in [0.2, 0.25) is 0 Å². The molecule has 0 fully saturated rings. The van der Waals surface area contributed by atoms with Gasteiger partial charge in [-0.3, -0.25) is 5.32 Å². The third-order valence-electron chi connectivity index (χ3n) is 1.87. The molecule has 0 aliphatic carbocycles. The van der Waals surface area contributed by atoms with E-state index in [1.807, 2.05) is 0 Å². The van der Waals surface area contributed by atoms with Gasteiger partial charge in [0.1, 0.15) is 0 Å². The monoisotopic (exact) mass is 232 g/mol. The number of nitrogens with zero attached hydrogens (tertiary/aromatic N) is 1. The summed E-state index contributed by atoms with van der Waals surface area (Å²) in [7, 11) is 3.89. The van der Waals surface area contributed by atoms with Crippen LogP contribution in [0.25, 0.3) is 0 Å². The molecule has 7 heteroatoms. The lowest BCUT2D eigenvalue weighted by molar-refractivity contribution is -0.357. The molecule has 16 heavy (non-hydrogen) atoms. The molecule has 0 aliphatic rings. The van der Waals surface area contributed by atoms with Gasteiger partial charge in [0, 0.05) is 21.3 Å². The molecule has 1 amide bonds. The van der Waals surface area contributed by atoms with Gasteiger partial charge in [0.25, 0.3) is 0 Å². The van der Waals surface area contributed by atoms with E-state index in [2.05, 4.69) is 10.1 Å². The van der Waals surface area contributed by atoms with Crippen molar-refractivity contribution in [1.82, 2.24) is 5.32 Å². The van der Waals surface area contributed by atoms with E-state index in [0.717, 1.165) is 0 Å². The molecule has 1 atom stereocenters. The van der Waals surface area contributed by atoms with Crippen molar-refractivity contribution in [2.45, 2.75) is 18.9 Å². The molecule has 0 rings (SSSR count). The van der Waals surface area contributed by atoms with Crippen molar-refractivity contribution >= 4 is 6.09 Å². The zero-order chi connectivity index (χ0) is 12.6. The van der Waals surface area contributed by atoms with E-state index in [0.29, 0.717) is 0 Å². The maximum absolute atomic E-state index is 11.2. The van der Waals surface area contributed by atoms with Crippen LogP contribution in [0.4, 0.5) is 4.79 Å². The molecule has 0 aromatic heterocycles. The van der Waals surface area contributed by atoms with Gasteiger partial charge in [-0.2, -0.15) is 5.26 Å². The zero-order valence-electron chi connectivity index (χ0n) is 9.77. The average Bonchev–Trinajstić information content (AvgIpc) is 2.30. The fourth-order valence-corrected chi connectivity index (χ4v) is 1.09. The second kappa shape index (κ2) is 7.00. The molecule has 0 unspecified atom stereocenters. The van der Waals surface area contributed by atoms with Crippen molar-refractivity contribution in [3.05, 3.63) is 0 Å². The van der Waals surface area contributed by atoms with Crippen LogP contribution in [0.5, 0.6) is 0 Å². The second-order valence-electron chi connectivity index (χ2n) is 2.64. The lowest BCUT2D eigenvalue weighted by Crippen LogP contribution is -2.55. The van der Waals surface area contributed by atoms with Crippen molar-refractivity contribution in [2.75, 3.05) is 27.9 Å². The van der Waals surface area contributed by atoms with Crippen LogP contribution in [-0.4, -0.2) is 46.0 Å². The Labute approximate surface area is 94.2 Å². The first-order chi connectivity index (χ1) is 7.60. The van der Waals surface area contributed by atoms with Crippen molar-refractivity contribution < 1.29 is 23.7 Å². The summed E-state index contributed by atoms with van der Waals surface area (Å²) in [6, 6.07) is 0.651. The highest BCUT2D eigenvalue weighted by Gasteiger charge is 2.42. The normalized spacial score (nSPS) is 12.7. The molecule has 0 aromatic carbocycles. The summed E-state index contributed by atoms with van der Waals surface area (Å²) in [6.07, 6.45) is -0.746. The molecule has 0 saturated carbocycles. The third kappa shape index (κ3) is 3.34. The highest BCUT2D eigenvalue weighted by molar-refractivity contribution is 5.68. The summed E-state index contributed by atoms with van der Waals surface area (Å²) in [5.41, 5.74) is 0. The van der Waals surface area contributed by atoms with E-state index in [1.165, 1.54) is 21.3 Å². The number of alkyl carbamates (subject to hydrolysis) is 1. The third-order valence-corrected chi connectivity index (χ3v) is 1.87. The average molecular weight is 232 g/mol. The van der Waals surface area contributed by atoms with E-state index in [9.17, 15) is 4.79 Å². The zero-order valence-corrected chi connectivity index (χ0v) is 9.77. The molecular weight excluding hydrogens is 216 g/mol. The summed E-state index contributed by atoms with van der Waals surface area (Å²) in [5, 5.41) is 11.2. The largest absolute Gasteiger partial charge is 0.450 e. The number of carbonyl (C=O) groups is 1. The Kier molecular flexibility index (Phi) is 6.41. The van der Waals surface area contributed by atoms with Crippen LogP contribution in [0.3, 0.4) is 0 Å². The molecule has 0 spiro atoms. The number of hydrogen-bond donors (Lipinski definition) is 1. The minimum absolute atomic E-state index is 0.198. The lowest BCUT2D eigenvalue weighted by Gasteiger charge is -2.32. The SMILES string of the molecule is CCOC(=O)N[C@@H](C#N)C(OC)(OC)OC. The first-order valence-electron chi connectivity index (χ1n) is 4.58. The van der Waals surface area contributed by atoms with Gasteiger partial charge >= 0.3 is 12.1 Å². The van der Waals surface area contributed by atoms with Crippen LogP contribution in [0.1, 0.15) is 6.92 Å². The molecule has 92 valence electrons. The van der Waals surface area contributed by atoms with Crippen LogP contribution in [-0.2, 0) is 18.9 Å². The van der Waals surface area contributed by atoms with E-state index in [4.69, 9.17) is 19.5 Å². The summed E-state index contributed by atoms with van der Waals surface area (Å²) in [5.74, 6) is -1.65. The first kappa shape index (κ1) is 14.6. The van der Waals surface area contributed by atoms with Gasteiger partial charge in [-0.15, -0.1) is 0 Å². The molecule has 7 nitrogen and oxygen atoms in total. The standard InChI is InChI=1S/C9H16N2O5/c1-5-16-8(12)11-7(6-10)9(13-2,14-3)15-4/h7H,5H2,1-4H3,(H,11,12)/t7-/m0/s1. The number of amides is 1. The van der Waals surface area contributed by atoms with Gasteiger partial charge in [-0.1, -0.05) is 0 Å². The number of methoxy groups -OCH3 is 3. The summed E-state index contributed by atoms with van der Waals surface area (Å²) >= 11 is 0. The Morgan fingerprint density at radius 1 is 1.38 bits per heavy atom. The fraction of sp³-hybridized carbons (Fsp3) is 0.778. The molecule has 0 aromatic rings. The van der Waals surface area contributed by atoms with Gasteiger partial charge in [0.15, 0.2) is 0 Å². The Hall–Kier alpha value is -1.36. The Morgan fingerprint density at radius 2 is 1.88 bits per heavy atom. The predicted molar refractivity (Wildman–Crippen MR) is 53.3 cm³/mol. The smallest absolute Gasteiger partial charge is 0.408 e. The van der Waals surface area contributed by atoms with E-state index >= 15 is 0 Å². The number of hydrogen-bond acceptors (Lipinski definition) is 6. The fourth-order valence-electron chi connectivity index (χ4n) is 1.09. The number of rotatable bonds is 6. The quantitative estimate of drug-likeness (QED) is 0.659. The summed E-state index contributed by atoms with van der Waals surface area (Å²) in [4.78, 5) is 11.2. The highest BCUT2D eigenvalue weighted by atomic mass is 16.9. The highest BCUT2D eigenvalue weighted by Crippen LogP contribution is 2.17. The van der Waals surface area contributed by atoms with E-state index < -0.39 is 18.1 Å². The van der Waals surface area contributed by atoms with Gasteiger partial charge in [0.2, 0.25) is 6.04 Å². The van der Waals surface area contributed by atoms with Crippen molar-refractivity contribution in [3.8, 4) is 6.07 Å². The summed E-state index contributed by atoms with van der Waals surface area (Å²) < 4.78 is 19.4. The lowest BCUT2D eigenvalue weighted by atomic mass is 10.2. The van der Waals surface area contributed by atoms with Crippen LogP contribution in [0, 0.1) is 11.3 Å². The van der Waals surface area contributed by atoms with E-state index in [-0.39, 0.29) is 6.61 Å². The van der Waals surface area contributed by atoms with Crippen LogP contribution >= 0.6 is 0 Å². The van der Waals surface area contributed by atoms with Gasteiger partial charge in [-0.25, -0.2) is 4.79 Å². The predicted octanol–water partition coefficient (Wildman–Crippen LogP) is 0.218. The molecule has 0 bridgehead atoms. The van der Waals surface area contributed by atoms with Crippen molar-refractivity contribution in [1.29, 1.82) is 5.26 Å². The molecule has 1 N–H and O–H groups in total. The molecular formula is C9H16N2O5. The Morgan fingerprint density at radius 3 is 2.19 bits per heavy atom. The van der Waals surface area contributed by atoms with Crippen molar-refractivity contribution in [3.63, 3.8) is 0 Å². The van der Waals surface area contributed by atoms with Gasteiger partial charge in [0.05, 0.1) is 12.7 Å². The molecule has 0 saturated heterocycles. The van der Waals surface area contributed by atoms with Crippen LogP contribution in [0.15, 0.2) is 0 Å². The molecule has 0 aliphatic heterocycles. The van der Waals surface area contributed by atoms with Gasteiger partial charge < -0.3 is 18.9 Å². The first-order valence-corrected chi connectivity index (χ1v) is 4.58. The maximum atomic E-state index is 11.2. The van der Waals surface area contributed by atoms with E-state index in [1.54, 1.807) is 13.0 Å². The number of nitriles is 1. The number of carbonyl (C=O) groups excluding carboxylic acids is 1. The Balaban J connectivity index is 4.70. The van der Waals surface area contributed by atoms with Crippen LogP contribution < -0.4 is 5.32 Å².